The van der Waals surface area contributed by atoms with Crippen LogP contribution in [0.25, 0.3) is 10.9 Å². The van der Waals surface area contributed by atoms with Gasteiger partial charge in [0.2, 0.25) is 0 Å². The number of hydrogen-bond acceptors (Lipinski definition) is 7. The molecule has 30 heavy (non-hydrogen) atoms. The van der Waals surface area contributed by atoms with Crippen molar-refractivity contribution in [2.24, 2.45) is 0 Å². The van der Waals surface area contributed by atoms with Gasteiger partial charge in [-0.2, -0.15) is 9.99 Å². The van der Waals surface area contributed by atoms with Crippen LogP contribution in [0.15, 0.2) is 29.3 Å². The Labute approximate surface area is 176 Å². The zero-order valence-corrected chi connectivity index (χ0v) is 19.1. The number of benzene rings is 1. The maximum absolute atomic E-state index is 13.3. The van der Waals surface area contributed by atoms with Crippen molar-refractivity contribution < 1.29 is 18.2 Å². The highest BCUT2D eigenvalue weighted by atomic mass is 32.2. The molecule has 0 fully saturated rings. The number of fused-ring (bicyclic) bond motifs is 1. The number of H-pyrrole nitrogens is 1. The van der Waals surface area contributed by atoms with Gasteiger partial charge in [-0.3, -0.25) is 10.1 Å². The number of anilines is 2. The normalized spacial score (nSPS) is 12.5. The summed E-state index contributed by atoms with van der Waals surface area (Å²) in [6.07, 6.45) is 1.41. The minimum absolute atomic E-state index is 0.0501. The standard InChI is InChI=1S/C21H28N4O4S/c1-12(2)28-29-18-11-17-15(10-19(18)30(26,27)21(5,6)7)16(8-9-22-17)23-20-13(3)14(4)24-25-20/h8-12H,1-7H3,(H2,22,23,24,25). The van der Waals surface area contributed by atoms with Gasteiger partial charge in [-0.15, -0.1) is 0 Å². The summed E-state index contributed by atoms with van der Waals surface area (Å²) in [5.74, 6) is 0.784. The first-order chi connectivity index (χ1) is 13.9. The van der Waals surface area contributed by atoms with E-state index in [0.717, 1.165) is 11.3 Å². The molecule has 0 amide bonds. The number of aromatic nitrogens is 3. The lowest BCUT2D eigenvalue weighted by atomic mass is 10.1. The van der Waals surface area contributed by atoms with Crippen molar-refractivity contribution in [1.82, 2.24) is 15.2 Å². The van der Waals surface area contributed by atoms with Crippen molar-refractivity contribution in [2.75, 3.05) is 5.32 Å². The molecule has 0 aliphatic carbocycles. The summed E-state index contributed by atoms with van der Waals surface area (Å²) in [4.78, 5) is 15.1. The Kier molecular flexibility index (Phi) is 5.79. The monoisotopic (exact) mass is 432 g/mol. The van der Waals surface area contributed by atoms with Crippen molar-refractivity contribution in [3.8, 4) is 5.75 Å². The van der Waals surface area contributed by atoms with E-state index >= 15 is 0 Å². The summed E-state index contributed by atoms with van der Waals surface area (Å²) < 4.78 is 25.6. The van der Waals surface area contributed by atoms with Crippen molar-refractivity contribution in [2.45, 2.75) is 64.2 Å². The van der Waals surface area contributed by atoms with Crippen LogP contribution >= 0.6 is 0 Å². The van der Waals surface area contributed by atoms with Gasteiger partial charge in [0.1, 0.15) is 4.90 Å². The molecule has 162 valence electrons. The molecule has 2 N–H and O–H groups in total. The van der Waals surface area contributed by atoms with E-state index in [1.165, 1.54) is 0 Å². The zero-order chi connectivity index (χ0) is 22.3. The highest BCUT2D eigenvalue weighted by molar-refractivity contribution is 7.92. The van der Waals surface area contributed by atoms with Crippen LogP contribution in [0.4, 0.5) is 11.5 Å². The van der Waals surface area contributed by atoms with Crippen molar-refractivity contribution >= 4 is 32.2 Å². The molecule has 0 radical (unpaired) electrons. The molecule has 2 aromatic heterocycles. The van der Waals surface area contributed by atoms with E-state index in [1.807, 2.05) is 13.8 Å². The summed E-state index contributed by atoms with van der Waals surface area (Å²) in [6.45, 7) is 12.4. The number of nitrogens with zero attached hydrogens (tertiary/aromatic N) is 2. The molecular formula is C21H28N4O4S. The number of pyridine rings is 1. The van der Waals surface area contributed by atoms with Crippen LogP contribution in [-0.2, 0) is 14.7 Å². The Bertz CT molecular complexity index is 1180. The fraction of sp³-hybridized carbons (Fsp3) is 0.429. The Morgan fingerprint density at radius 1 is 1.17 bits per heavy atom. The third-order valence-electron chi connectivity index (χ3n) is 4.74. The molecule has 2 heterocycles. The van der Waals surface area contributed by atoms with Gasteiger partial charge in [-0.1, -0.05) is 0 Å². The molecule has 0 atom stereocenters. The van der Waals surface area contributed by atoms with Crippen LogP contribution in [0.2, 0.25) is 0 Å². The quantitative estimate of drug-likeness (QED) is 0.433. The smallest absolute Gasteiger partial charge is 0.187 e. The first-order valence-corrected chi connectivity index (χ1v) is 11.2. The summed E-state index contributed by atoms with van der Waals surface area (Å²) in [5, 5.41) is 11.1. The molecule has 8 nitrogen and oxygen atoms in total. The highest BCUT2D eigenvalue weighted by Crippen LogP contribution is 2.38. The van der Waals surface area contributed by atoms with Gasteiger partial charge in [-0.25, -0.2) is 8.42 Å². The van der Waals surface area contributed by atoms with E-state index < -0.39 is 14.6 Å². The van der Waals surface area contributed by atoms with E-state index in [0.29, 0.717) is 22.4 Å². The van der Waals surface area contributed by atoms with Crippen molar-refractivity contribution in [3.05, 3.63) is 35.7 Å². The first-order valence-electron chi connectivity index (χ1n) is 9.71. The van der Waals surface area contributed by atoms with Gasteiger partial charge in [0.05, 0.1) is 22.1 Å². The van der Waals surface area contributed by atoms with Gasteiger partial charge in [0.25, 0.3) is 0 Å². The fourth-order valence-electron chi connectivity index (χ4n) is 2.75. The molecule has 0 unspecified atom stereocenters. The number of nitrogens with one attached hydrogen (secondary N) is 2. The van der Waals surface area contributed by atoms with Gasteiger partial charge < -0.3 is 10.2 Å². The Balaban J connectivity index is 2.21. The van der Waals surface area contributed by atoms with Crippen LogP contribution in [-0.4, -0.2) is 34.5 Å². The first kappa shape index (κ1) is 22.0. The molecule has 0 bridgehead atoms. The number of aromatic amines is 1. The molecule has 0 aliphatic heterocycles. The average Bonchev–Trinajstić information content (AvgIpc) is 2.97. The predicted molar refractivity (Wildman–Crippen MR) is 117 cm³/mol. The van der Waals surface area contributed by atoms with Crippen LogP contribution in [0.3, 0.4) is 0 Å². The molecule has 0 aliphatic rings. The van der Waals surface area contributed by atoms with Crippen LogP contribution < -0.4 is 10.2 Å². The van der Waals surface area contributed by atoms with Gasteiger partial charge >= 0.3 is 0 Å². The number of sulfone groups is 1. The molecular weight excluding hydrogens is 404 g/mol. The highest BCUT2D eigenvalue weighted by Gasteiger charge is 2.34. The lowest BCUT2D eigenvalue weighted by Gasteiger charge is -2.22. The average molecular weight is 433 g/mol. The topological polar surface area (TPSA) is 106 Å². The van der Waals surface area contributed by atoms with E-state index in [4.69, 9.17) is 9.78 Å². The maximum Gasteiger partial charge on any atom is 0.187 e. The fourth-order valence-corrected chi connectivity index (χ4v) is 4.04. The number of aryl methyl sites for hydroxylation is 1. The molecule has 3 aromatic rings. The van der Waals surface area contributed by atoms with E-state index in [9.17, 15) is 8.42 Å². The molecule has 3 rings (SSSR count). The number of hydrogen-bond donors (Lipinski definition) is 2. The number of rotatable bonds is 6. The summed E-state index contributed by atoms with van der Waals surface area (Å²) in [7, 11) is -3.72. The van der Waals surface area contributed by atoms with Gasteiger partial charge in [-0.05, 0) is 60.6 Å². The summed E-state index contributed by atoms with van der Waals surface area (Å²) in [6, 6.07) is 4.95. The third kappa shape index (κ3) is 4.13. The zero-order valence-electron chi connectivity index (χ0n) is 18.3. The van der Waals surface area contributed by atoms with E-state index in [1.54, 1.807) is 59.0 Å². The van der Waals surface area contributed by atoms with Crippen LogP contribution in [0.5, 0.6) is 5.75 Å². The minimum Gasteiger partial charge on any atom is -0.338 e. The molecule has 0 saturated carbocycles. The molecule has 0 spiro atoms. The van der Waals surface area contributed by atoms with Crippen molar-refractivity contribution in [1.29, 1.82) is 0 Å². The van der Waals surface area contributed by atoms with E-state index in [2.05, 4.69) is 20.5 Å². The van der Waals surface area contributed by atoms with Gasteiger partial charge in [0, 0.05) is 28.9 Å². The Hall–Kier alpha value is -2.65. The predicted octanol–water partition coefficient (Wildman–Crippen LogP) is 4.61. The molecule has 0 saturated heterocycles. The second-order valence-electron chi connectivity index (χ2n) is 8.47. The summed E-state index contributed by atoms with van der Waals surface area (Å²) >= 11 is 0. The second kappa shape index (κ2) is 7.88. The second-order valence-corrected chi connectivity index (χ2v) is 11.1. The third-order valence-corrected chi connectivity index (χ3v) is 7.25. The Morgan fingerprint density at radius 2 is 1.87 bits per heavy atom. The van der Waals surface area contributed by atoms with E-state index in [-0.39, 0.29) is 16.7 Å². The SMILES string of the molecule is Cc1[nH]nc(Nc2ccnc3cc(OOC(C)C)c(S(=O)(=O)C(C)(C)C)cc23)c1C. The Morgan fingerprint density at radius 3 is 2.43 bits per heavy atom. The van der Waals surface area contributed by atoms with Crippen LogP contribution in [0.1, 0.15) is 45.9 Å². The summed E-state index contributed by atoms with van der Waals surface area (Å²) in [5.41, 5.74) is 3.19. The van der Waals surface area contributed by atoms with Crippen LogP contribution in [0, 0.1) is 13.8 Å². The molecule has 9 heteroatoms. The lowest BCUT2D eigenvalue weighted by Crippen LogP contribution is -2.28. The maximum atomic E-state index is 13.3. The largest absolute Gasteiger partial charge is 0.338 e. The molecule has 1 aromatic carbocycles. The van der Waals surface area contributed by atoms with Gasteiger partial charge in [0.15, 0.2) is 21.4 Å². The minimum atomic E-state index is -3.72. The lowest BCUT2D eigenvalue weighted by molar-refractivity contribution is -0.236. The van der Waals surface area contributed by atoms with Crippen molar-refractivity contribution in [3.63, 3.8) is 0 Å².